The quantitative estimate of drug-likeness (QED) is 0.674. The lowest BCUT2D eigenvalue weighted by Crippen LogP contribution is -2.27. The predicted octanol–water partition coefficient (Wildman–Crippen LogP) is 0.266. The summed E-state index contributed by atoms with van der Waals surface area (Å²) in [6.45, 7) is 4.03. The molecule has 1 aliphatic heterocycles. The van der Waals surface area contributed by atoms with E-state index in [2.05, 4.69) is 16.1 Å². The maximum absolute atomic E-state index is 5.85. The van der Waals surface area contributed by atoms with E-state index in [9.17, 15) is 0 Å². The van der Waals surface area contributed by atoms with Crippen LogP contribution in [-0.2, 0) is 7.05 Å². The Morgan fingerprint density at radius 3 is 2.85 bits per heavy atom. The van der Waals surface area contributed by atoms with Gasteiger partial charge in [-0.25, -0.2) is 0 Å². The van der Waals surface area contributed by atoms with Gasteiger partial charge in [0, 0.05) is 32.2 Å². The Hall–Kier alpha value is -1.03. The summed E-state index contributed by atoms with van der Waals surface area (Å²) >= 11 is 0. The molecule has 1 atom stereocenters. The molecule has 2 heterocycles. The van der Waals surface area contributed by atoms with Crippen molar-refractivity contribution in [3.63, 3.8) is 0 Å². The van der Waals surface area contributed by atoms with Gasteiger partial charge in [-0.1, -0.05) is 0 Å². The van der Waals surface area contributed by atoms with Crippen molar-refractivity contribution in [3.8, 4) is 0 Å². The second kappa shape index (κ2) is 3.03. The number of rotatable bonds is 1. The molecule has 2 N–H and O–H groups in total. The lowest BCUT2D eigenvalue weighted by Gasteiger charge is -2.17. The number of aromatic nitrogens is 2. The predicted molar refractivity (Wildman–Crippen MR) is 52.8 cm³/mol. The number of nitrogens with zero attached hydrogens (tertiary/aromatic N) is 3. The summed E-state index contributed by atoms with van der Waals surface area (Å²) in [6.07, 6.45) is 1.09. The minimum absolute atomic E-state index is 0.329. The standard InChI is InChI=1S/C9H16N4/c1-7-5-9(12(2)11-7)13-4-3-8(10)6-13/h5,8H,3-4,6,10H2,1-2H3. The van der Waals surface area contributed by atoms with Crippen LogP contribution in [-0.4, -0.2) is 28.9 Å². The molecule has 0 radical (unpaired) electrons. The van der Waals surface area contributed by atoms with E-state index in [1.807, 2.05) is 18.7 Å². The molecule has 2 rings (SSSR count). The maximum atomic E-state index is 5.85. The number of hydrogen-bond donors (Lipinski definition) is 1. The van der Waals surface area contributed by atoms with E-state index >= 15 is 0 Å². The number of aryl methyl sites for hydroxylation is 2. The van der Waals surface area contributed by atoms with Crippen LogP contribution in [0.15, 0.2) is 6.07 Å². The zero-order chi connectivity index (χ0) is 9.42. The highest BCUT2D eigenvalue weighted by atomic mass is 15.4. The van der Waals surface area contributed by atoms with Crippen LogP contribution >= 0.6 is 0 Å². The minimum Gasteiger partial charge on any atom is -0.355 e. The molecule has 0 saturated carbocycles. The van der Waals surface area contributed by atoms with E-state index in [1.54, 1.807) is 0 Å². The summed E-state index contributed by atoms with van der Waals surface area (Å²) in [5.74, 6) is 1.19. The molecule has 72 valence electrons. The first-order chi connectivity index (χ1) is 6.16. The van der Waals surface area contributed by atoms with E-state index in [4.69, 9.17) is 5.73 Å². The molecule has 0 aliphatic carbocycles. The van der Waals surface area contributed by atoms with E-state index in [0.717, 1.165) is 25.2 Å². The summed E-state index contributed by atoms with van der Waals surface area (Å²) < 4.78 is 1.92. The molecule has 1 unspecified atom stereocenters. The van der Waals surface area contributed by atoms with Crippen molar-refractivity contribution in [1.29, 1.82) is 0 Å². The zero-order valence-corrected chi connectivity index (χ0v) is 8.20. The molecule has 0 bridgehead atoms. The Labute approximate surface area is 78.3 Å². The molecule has 1 saturated heterocycles. The number of nitrogens with two attached hydrogens (primary N) is 1. The highest BCUT2D eigenvalue weighted by Crippen LogP contribution is 2.19. The zero-order valence-electron chi connectivity index (χ0n) is 8.20. The van der Waals surface area contributed by atoms with Crippen LogP contribution in [0.1, 0.15) is 12.1 Å². The van der Waals surface area contributed by atoms with Crippen molar-refractivity contribution in [2.45, 2.75) is 19.4 Å². The van der Waals surface area contributed by atoms with Crippen LogP contribution in [0.25, 0.3) is 0 Å². The normalized spacial score (nSPS) is 22.7. The van der Waals surface area contributed by atoms with Gasteiger partial charge in [0.25, 0.3) is 0 Å². The molecular formula is C9H16N4. The van der Waals surface area contributed by atoms with E-state index in [1.165, 1.54) is 5.82 Å². The monoisotopic (exact) mass is 180 g/mol. The summed E-state index contributed by atoms with van der Waals surface area (Å²) in [5.41, 5.74) is 6.92. The van der Waals surface area contributed by atoms with Gasteiger partial charge in [0.1, 0.15) is 5.82 Å². The van der Waals surface area contributed by atoms with Gasteiger partial charge in [-0.15, -0.1) is 0 Å². The van der Waals surface area contributed by atoms with Gasteiger partial charge < -0.3 is 10.6 Å². The summed E-state index contributed by atoms with van der Waals surface area (Å²) in [6, 6.07) is 2.44. The van der Waals surface area contributed by atoms with E-state index in [-0.39, 0.29) is 0 Å². The molecule has 4 heteroatoms. The van der Waals surface area contributed by atoms with Gasteiger partial charge in [-0.05, 0) is 13.3 Å². The average Bonchev–Trinajstić information content (AvgIpc) is 2.58. The first-order valence-electron chi connectivity index (χ1n) is 4.68. The fourth-order valence-electron chi connectivity index (χ4n) is 1.89. The third kappa shape index (κ3) is 1.54. The highest BCUT2D eigenvalue weighted by Gasteiger charge is 2.21. The molecule has 13 heavy (non-hydrogen) atoms. The van der Waals surface area contributed by atoms with Crippen molar-refractivity contribution in [1.82, 2.24) is 9.78 Å². The maximum Gasteiger partial charge on any atom is 0.126 e. The SMILES string of the molecule is Cc1cc(N2CCC(N)C2)n(C)n1. The summed E-state index contributed by atoms with van der Waals surface area (Å²) in [4.78, 5) is 2.30. The lowest BCUT2D eigenvalue weighted by atomic mass is 10.3. The first kappa shape index (κ1) is 8.56. The fourth-order valence-corrected chi connectivity index (χ4v) is 1.89. The second-order valence-electron chi connectivity index (χ2n) is 3.76. The molecular weight excluding hydrogens is 164 g/mol. The third-order valence-corrected chi connectivity index (χ3v) is 2.53. The van der Waals surface area contributed by atoms with E-state index < -0.39 is 0 Å². The van der Waals surface area contributed by atoms with Gasteiger partial charge in [0.05, 0.1) is 5.69 Å². The van der Waals surface area contributed by atoms with E-state index in [0.29, 0.717) is 6.04 Å². The van der Waals surface area contributed by atoms with Crippen molar-refractivity contribution in [3.05, 3.63) is 11.8 Å². The number of anilines is 1. The fraction of sp³-hybridized carbons (Fsp3) is 0.667. The third-order valence-electron chi connectivity index (χ3n) is 2.53. The lowest BCUT2D eigenvalue weighted by molar-refractivity contribution is 0.722. The Morgan fingerprint density at radius 2 is 2.38 bits per heavy atom. The van der Waals surface area contributed by atoms with Crippen LogP contribution in [0.3, 0.4) is 0 Å². The van der Waals surface area contributed by atoms with Crippen molar-refractivity contribution >= 4 is 5.82 Å². The van der Waals surface area contributed by atoms with Gasteiger partial charge in [-0.2, -0.15) is 5.10 Å². The molecule has 0 amide bonds. The van der Waals surface area contributed by atoms with Gasteiger partial charge >= 0.3 is 0 Å². The minimum atomic E-state index is 0.329. The highest BCUT2D eigenvalue weighted by molar-refractivity contribution is 5.42. The molecule has 1 fully saturated rings. The molecule has 0 spiro atoms. The van der Waals surface area contributed by atoms with Gasteiger partial charge in [0.2, 0.25) is 0 Å². The number of hydrogen-bond acceptors (Lipinski definition) is 3. The average molecular weight is 180 g/mol. The van der Waals surface area contributed by atoms with Crippen LogP contribution in [0.2, 0.25) is 0 Å². The van der Waals surface area contributed by atoms with Crippen LogP contribution in [0.5, 0.6) is 0 Å². The first-order valence-corrected chi connectivity index (χ1v) is 4.68. The second-order valence-corrected chi connectivity index (χ2v) is 3.76. The van der Waals surface area contributed by atoms with Crippen molar-refractivity contribution in [2.24, 2.45) is 12.8 Å². The van der Waals surface area contributed by atoms with Crippen molar-refractivity contribution < 1.29 is 0 Å². The molecule has 0 aromatic carbocycles. The molecule has 1 aliphatic rings. The topological polar surface area (TPSA) is 47.1 Å². The molecule has 1 aromatic heterocycles. The Kier molecular flexibility index (Phi) is 2.00. The Morgan fingerprint density at radius 1 is 1.62 bits per heavy atom. The summed E-state index contributed by atoms with van der Waals surface area (Å²) in [7, 11) is 1.98. The Balaban J connectivity index is 2.20. The molecule has 4 nitrogen and oxygen atoms in total. The van der Waals surface area contributed by atoms with Gasteiger partial charge in [-0.3, -0.25) is 4.68 Å². The Bertz CT molecular complexity index is 305. The van der Waals surface area contributed by atoms with Crippen molar-refractivity contribution in [2.75, 3.05) is 18.0 Å². The van der Waals surface area contributed by atoms with Gasteiger partial charge in [0.15, 0.2) is 0 Å². The molecule has 1 aromatic rings. The van der Waals surface area contributed by atoms with Crippen LogP contribution in [0, 0.1) is 6.92 Å². The smallest absolute Gasteiger partial charge is 0.126 e. The van der Waals surface area contributed by atoms with Crippen LogP contribution < -0.4 is 10.6 Å². The largest absolute Gasteiger partial charge is 0.355 e. The van der Waals surface area contributed by atoms with Crippen LogP contribution in [0.4, 0.5) is 5.82 Å². The summed E-state index contributed by atoms with van der Waals surface area (Å²) in [5, 5.41) is 4.31.